The van der Waals surface area contributed by atoms with Crippen molar-refractivity contribution in [1.82, 2.24) is 25.1 Å². The molecule has 0 saturated heterocycles. The number of likely N-dealkylation sites (N-methyl/N-ethyl adjacent to an activating group) is 1. The van der Waals surface area contributed by atoms with Crippen LogP contribution in [0.4, 0.5) is 17.5 Å². The van der Waals surface area contributed by atoms with Gasteiger partial charge in [-0.15, -0.1) is 10.2 Å². The van der Waals surface area contributed by atoms with Gasteiger partial charge in [0.1, 0.15) is 10.8 Å². The maximum atomic E-state index is 12.4. The second kappa shape index (κ2) is 9.77. The van der Waals surface area contributed by atoms with Crippen LogP contribution in [-0.4, -0.2) is 56.3 Å². The molecule has 10 heteroatoms. The molecule has 0 unspecified atom stereocenters. The lowest BCUT2D eigenvalue weighted by Crippen LogP contribution is -2.34. The van der Waals surface area contributed by atoms with Crippen molar-refractivity contribution in [1.29, 1.82) is 0 Å². The number of fused-ring (bicyclic) bond motifs is 1. The highest BCUT2D eigenvalue weighted by atomic mass is 32.1. The van der Waals surface area contributed by atoms with Crippen LogP contribution in [0.1, 0.15) is 32.5 Å². The molecular weight excluding hydrogens is 462 g/mol. The highest BCUT2D eigenvalue weighted by Crippen LogP contribution is 2.32. The number of aliphatic hydroxyl groups excluding tert-OH is 1. The van der Waals surface area contributed by atoms with E-state index in [9.17, 15) is 9.90 Å². The van der Waals surface area contributed by atoms with Gasteiger partial charge in [0.25, 0.3) is 5.91 Å². The topological polar surface area (TPSA) is 116 Å². The summed E-state index contributed by atoms with van der Waals surface area (Å²) in [4.78, 5) is 23.4. The molecule has 1 aliphatic rings. The van der Waals surface area contributed by atoms with E-state index in [4.69, 9.17) is 4.98 Å². The Hall–Kier alpha value is -3.89. The van der Waals surface area contributed by atoms with Crippen LogP contribution in [0.2, 0.25) is 0 Å². The Morgan fingerprint density at radius 1 is 1.14 bits per heavy atom. The molecule has 35 heavy (non-hydrogen) atoms. The average molecular weight is 488 g/mol. The number of carbonyl (C=O) groups excluding carboxylic acids is 1. The number of amides is 1. The van der Waals surface area contributed by atoms with Crippen molar-refractivity contribution in [2.45, 2.75) is 19.4 Å². The van der Waals surface area contributed by atoms with Crippen LogP contribution in [0.3, 0.4) is 0 Å². The molecule has 0 saturated carbocycles. The number of aliphatic hydroxyl groups is 1. The molecule has 0 bridgehead atoms. The lowest BCUT2D eigenvalue weighted by atomic mass is 9.99. The van der Waals surface area contributed by atoms with Crippen molar-refractivity contribution in [2.24, 2.45) is 0 Å². The van der Waals surface area contributed by atoms with Crippen LogP contribution in [0.15, 0.2) is 54.7 Å². The van der Waals surface area contributed by atoms with Gasteiger partial charge >= 0.3 is 0 Å². The first-order valence-corrected chi connectivity index (χ1v) is 12.1. The zero-order valence-corrected chi connectivity index (χ0v) is 20.2. The van der Waals surface area contributed by atoms with E-state index >= 15 is 0 Å². The summed E-state index contributed by atoms with van der Waals surface area (Å²) in [7, 11) is 1.82. The van der Waals surface area contributed by atoms with Crippen LogP contribution in [-0.2, 0) is 6.42 Å². The number of benzene rings is 2. The Kier molecular flexibility index (Phi) is 6.39. The Morgan fingerprint density at radius 2 is 1.97 bits per heavy atom. The Morgan fingerprint density at radius 3 is 2.71 bits per heavy atom. The van der Waals surface area contributed by atoms with E-state index < -0.39 is 0 Å². The minimum atomic E-state index is -0.363. The van der Waals surface area contributed by atoms with E-state index in [1.54, 1.807) is 11.1 Å². The van der Waals surface area contributed by atoms with Crippen molar-refractivity contribution in [3.63, 3.8) is 0 Å². The standard InChI is InChI=1S/C25H25N7O2S/c1-15-30-31-23(35-15)20-13-26-25(29-22(20)28-21(14-33)16-6-4-3-5-7-16)27-18-8-9-19-17(12-18)10-11-32(2)24(19)34/h3-9,12-13,21,33H,10-11,14H2,1-2H3,(H2,26,27,28,29)/t21-/m1/s1. The molecule has 0 spiro atoms. The highest BCUT2D eigenvalue weighted by Gasteiger charge is 2.22. The van der Waals surface area contributed by atoms with E-state index in [1.165, 1.54) is 11.3 Å². The van der Waals surface area contributed by atoms with E-state index in [-0.39, 0.29) is 18.6 Å². The van der Waals surface area contributed by atoms with Crippen molar-refractivity contribution < 1.29 is 9.90 Å². The molecule has 1 atom stereocenters. The molecule has 0 aliphatic carbocycles. The van der Waals surface area contributed by atoms with E-state index in [0.29, 0.717) is 28.9 Å². The van der Waals surface area contributed by atoms with Gasteiger partial charge in [-0.05, 0) is 42.7 Å². The first kappa shape index (κ1) is 22.9. The van der Waals surface area contributed by atoms with Gasteiger partial charge in [0, 0.05) is 31.0 Å². The Bertz CT molecular complexity index is 1360. The van der Waals surface area contributed by atoms with Gasteiger partial charge in [0.2, 0.25) is 5.95 Å². The number of hydrogen-bond donors (Lipinski definition) is 3. The minimum absolute atomic E-state index is 0.0354. The molecule has 1 aliphatic heterocycles. The fraction of sp³-hybridized carbons (Fsp3) is 0.240. The summed E-state index contributed by atoms with van der Waals surface area (Å²) in [6.45, 7) is 2.47. The molecule has 4 aromatic rings. The zero-order chi connectivity index (χ0) is 24.4. The Labute approximate surface area is 206 Å². The molecule has 2 aromatic heterocycles. The number of aromatic nitrogens is 4. The molecule has 178 valence electrons. The van der Waals surface area contributed by atoms with Crippen LogP contribution in [0.5, 0.6) is 0 Å². The smallest absolute Gasteiger partial charge is 0.253 e. The molecule has 1 amide bonds. The third-order valence-electron chi connectivity index (χ3n) is 5.90. The normalized spacial score (nSPS) is 13.9. The molecule has 0 radical (unpaired) electrons. The SMILES string of the molecule is Cc1nnc(-c2cnc(Nc3ccc4c(c3)CCN(C)C4=O)nc2N[C@H](CO)c2ccccc2)s1. The largest absolute Gasteiger partial charge is 0.394 e. The molecule has 5 rings (SSSR count). The van der Waals surface area contributed by atoms with Crippen LogP contribution in [0, 0.1) is 6.92 Å². The van der Waals surface area contributed by atoms with Crippen molar-refractivity contribution in [3.8, 4) is 10.6 Å². The van der Waals surface area contributed by atoms with Gasteiger partial charge in [0.15, 0.2) is 5.01 Å². The van der Waals surface area contributed by atoms with Gasteiger partial charge in [-0.25, -0.2) is 4.98 Å². The third kappa shape index (κ3) is 4.84. The van der Waals surface area contributed by atoms with Gasteiger partial charge in [-0.3, -0.25) is 4.79 Å². The summed E-state index contributed by atoms with van der Waals surface area (Å²) in [6.07, 6.45) is 2.50. The molecule has 9 nitrogen and oxygen atoms in total. The van der Waals surface area contributed by atoms with E-state index in [1.807, 2.05) is 62.5 Å². The summed E-state index contributed by atoms with van der Waals surface area (Å²) in [6, 6.07) is 15.0. The number of rotatable bonds is 7. The lowest BCUT2D eigenvalue weighted by Gasteiger charge is -2.25. The minimum Gasteiger partial charge on any atom is -0.394 e. The molecule has 2 aromatic carbocycles. The van der Waals surface area contributed by atoms with Gasteiger partial charge in [0.05, 0.1) is 18.2 Å². The summed E-state index contributed by atoms with van der Waals surface area (Å²) in [5, 5.41) is 26.6. The highest BCUT2D eigenvalue weighted by molar-refractivity contribution is 7.14. The number of carbonyl (C=O) groups is 1. The van der Waals surface area contributed by atoms with Crippen molar-refractivity contribution in [3.05, 3.63) is 76.4 Å². The molecule has 3 heterocycles. The maximum absolute atomic E-state index is 12.4. The molecular formula is C25H25N7O2S. The predicted octanol–water partition coefficient (Wildman–Crippen LogP) is 3.82. The number of nitrogens with one attached hydrogen (secondary N) is 2. The maximum Gasteiger partial charge on any atom is 0.253 e. The third-order valence-corrected chi connectivity index (χ3v) is 6.77. The fourth-order valence-electron chi connectivity index (χ4n) is 4.01. The number of anilines is 3. The predicted molar refractivity (Wildman–Crippen MR) is 136 cm³/mol. The monoisotopic (exact) mass is 487 g/mol. The van der Waals surface area contributed by atoms with Crippen LogP contribution >= 0.6 is 11.3 Å². The van der Waals surface area contributed by atoms with Crippen molar-refractivity contribution >= 4 is 34.7 Å². The number of nitrogens with zero attached hydrogens (tertiary/aromatic N) is 5. The fourth-order valence-corrected chi connectivity index (χ4v) is 4.71. The number of hydrogen-bond acceptors (Lipinski definition) is 9. The summed E-state index contributed by atoms with van der Waals surface area (Å²) < 4.78 is 0. The first-order chi connectivity index (χ1) is 17.0. The Balaban J connectivity index is 1.47. The molecule has 3 N–H and O–H groups in total. The van der Waals surface area contributed by atoms with Gasteiger partial charge < -0.3 is 20.6 Å². The van der Waals surface area contributed by atoms with Crippen molar-refractivity contribution in [2.75, 3.05) is 30.8 Å². The quantitative estimate of drug-likeness (QED) is 0.360. The average Bonchev–Trinajstić information content (AvgIpc) is 3.31. The second-order valence-electron chi connectivity index (χ2n) is 8.35. The first-order valence-electron chi connectivity index (χ1n) is 11.3. The van der Waals surface area contributed by atoms with Gasteiger partial charge in [-0.2, -0.15) is 4.98 Å². The second-order valence-corrected chi connectivity index (χ2v) is 9.53. The number of aryl methyl sites for hydroxylation is 1. The summed E-state index contributed by atoms with van der Waals surface area (Å²) in [5.74, 6) is 0.964. The van der Waals surface area contributed by atoms with E-state index in [0.717, 1.165) is 33.8 Å². The summed E-state index contributed by atoms with van der Waals surface area (Å²) in [5.41, 5.74) is 4.17. The summed E-state index contributed by atoms with van der Waals surface area (Å²) >= 11 is 1.45. The zero-order valence-electron chi connectivity index (χ0n) is 19.4. The lowest BCUT2D eigenvalue weighted by molar-refractivity contribution is 0.0781. The van der Waals surface area contributed by atoms with Gasteiger partial charge in [-0.1, -0.05) is 41.7 Å². The van der Waals surface area contributed by atoms with E-state index in [2.05, 4.69) is 25.8 Å². The van der Waals surface area contributed by atoms with Crippen LogP contribution in [0.25, 0.3) is 10.6 Å². The van der Waals surface area contributed by atoms with Crippen LogP contribution < -0.4 is 10.6 Å². The molecule has 0 fully saturated rings.